The second kappa shape index (κ2) is 5.48. The fourth-order valence-electron chi connectivity index (χ4n) is 1.59. The first-order valence-corrected chi connectivity index (χ1v) is 6.01. The van der Waals surface area contributed by atoms with Crippen molar-refractivity contribution >= 4 is 17.4 Å². The van der Waals surface area contributed by atoms with Crippen molar-refractivity contribution in [1.82, 2.24) is 14.4 Å². The lowest BCUT2D eigenvalue weighted by Crippen LogP contribution is -2.05. The molecule has 0 saturated heterocycles. The summed E-state index contributed by atoms with van der Waals surface area (Å²) in [7, 11) is 0. The van der Waals surface area contributed by atoms with Gasteiger partial charge < -0.3 is 14.5 Å². The molecule has 2 heterocycles. The average Bonchev–Trinajstić information content (AvgIpc) is 2.81. The van der Waals surface area contributed by atoms with Crippen LogP contribution in [0.1, 0.15) is 30.8 Å². The molecule has 0 aliphatic rings. The summed E-state index contributed by atoms with van der Waals surface area (Å²) in [5.74, 6) is 0.262. The maximum absolute atomic E-state index is 11.6. The van der Waals surface area contributed by atoms with E-state index in [0.29, 0.717) is 23.8 Å². The zero-order valence-electron chi connectivity index (χ0n) is 10.5. The Morgan fingerprint density at radius 1 is 1.50 bits per heavy atom. The van der Waals surface area contributed by atoms with Crippen molar-refractivity contribution in [1.29, 1.82) is 0 Å². The molecule has 0 amide bonds. The van der Waals surface area contributed by atoms with Crippen LogP contribution in [0.2, 0.25) is 0 Å². The first-order chi connectivity index (χ1) is 8.76. The molecule has 18 heavy (non-hydrogen) atoms. The molecule has 0 radical (unpaired) electrons. The number of esters is 1. The number of nitrogens with zero attached hydrogens (tertiary/aromatic N) is 3. The molecule has 0 fully saturated rings. The van der Waals surface area contributed by atoms with Crippen LogP contribution in [0.15, 0.2) is 18.6 Å². The molecule has 6 heteroatoms. The van der Waals surface area contributed by atoms with Crippen molar-refractivity contribution in [3.63, 3.8) is 0 Å². The van der Waals surface area contributed by atoms with E-state index in [2.05, 4.69) is 22.2 Å². The quantitative estimate of drug-likeness (QED) is 0.816. The molecule has 0 atom stereocenters. The van der Waals surface area contributed by atoms with Gasteiger partial charge in [0.15, 0.2) is 17.2 Å². The zero-order valence-corrected chi connectivity index (χ0v) is 10.5. The van der Waals surface area contributed by atoms with Gasteiger partial charge in [-0.25, -0.2) is 14.8 Å². The number of rotatable bonds is 5. The number of carbonyl (C=O) groups is 1. The lowest BCUT2D eigenvalue weighted by atomic mass is 10.5. The number of aromatic nitrogens is 3. The topological polar surface area (TPSA) is 68.5 Å². The number of nitrogens with one attached hydrogen (secondary N) is 1. The van der Waals surface area contributed by atoms with Gasteiger partial charge in [-0.3, -0.25) is 0 Å². The summed E-state index contributed by atoms with van der Waals surface area (Å²) in [5.41, 5.74) is 0.929. The standard InChI is InChI=1S/C12H16N4O2/c1-3-5-13-10-11-15-9(12(17)18-4-2)8-16(11)7-6-14-10/h6-8H,3-5H2,1-2H3,(H,13,14). The van der Waals surface area contributed by atoms with Gasteiger partial charge in [-0.1, -0.05) is 6.92 Å². The number of hydrogen-bond donors (Lipinski definition) is 1. The maximum atomic E-state index is 11.6. The van der Waals surface area contributed by atoms with Crippen LogP contribution in [0, 0.1) is 0 Å². The highest BCUT2D eigenvalue weighted by Crippen LogP contribution is 2.13. The zero-order chi connectivity index (χ0) is 13.0. The van der Waals surface area contributed by atoms with Crippen molar-refractivity contribution < 1.29 is 9.53 Å². The summed E-state index contributed by atoms with van der Waals surface area (Å²) >= 11 is 0. The maximum Gasteiger partial charge on any atom is 0.358 e. The fraction of sp³-hybridized carbons (Fsp3) is 0.417. The lowest BCUT2D eigenvalue weighted by Gasteiger charge is -2.03. The van der Waals surface area contributed by atoms with Crippen molar-refractivity contribution in [3.05, 3.63) is 24.3 Å². The number of imidazole rings is 1. The van der Waals surface area contributed by atoms with E-state index in [4.69, 9.17) is 4.74 Å². The summed E-state index contributed by atoms with van der Waals surface area (Å²) in [6.45, 7) is 4.99. The molecule has 0 unspecified atom stereocenters. The van der Waals surface area contributed by atoms with Gasteiger partial charge in [-0.2, -0.15) is 0 Å². The molecule has 2 aromatic rings. The smallest absolute Gasteiger partial charge is 0.358 e. The van der Waals surface area contributed by atoms with Crippen molar-refractivity contribution in [2.24, 2.45) is 0 Å². The normalized spacial score (nSPS) is 10.6. The van der Waals surface area contributed by atoms with E-state index in [0.717, 1.165) is 13.0 Å². The molecule has 2 aromatic heterocycles. The van der Waals surface area contributed by atoms with Crippen LogP contribution >= 0.6 is 0 Å². The summed E-state index contributed by atoms with van der Waals surface area (Å²) in [5, 5.41) is 3.18. The number of hydrogen-bond acceptors (Lipinski definition) is 5. The molecule has 2 rings (SSSR count). The molecule has 0 saturated carbocycles. The van der Waals surface area contributed by atoms with Gasteiger partial charge in [0.25, 0.3) is 0 Å². The monoisotopic (exact) mass is 248 g/mol. The minimum absolute atomic E-state index is 0.296. The molecule has 6 nitrogen and oxygen atoms in total. The SMILES string of the molecule is CCCNc1nccn2cc(C(=O)OCC)nc12. The van der Waals surface area contributed by atoms with E-state index in [1.165, 1.54) is 0 Å². The Bertz CT molecular complexity index is 550. The summed E-state index contributed by atoms with van der Waals surface area (Å²) in [4.78, 5) is 20.1. The summed E-state index contributed by atoms with van der Waals surface area (Å²) in [6, 6.07) is 0. The van der Waals surface area contributed by atoms with Crippen molar-refractivity contribution in [2.75, 3.05) is 18.5 Å². The second-order valence-electron chi connectivity index (χ2n) is 3.78. The molecule has 0 aliphatic carbocycles. The Labute approximate surface area is 105 Å². The predicted octanol–water partition coefficient (Wildman–Crippen LogP) is 1.73. The van der Waals surface area contributed by atoms with Crippen LogP contribution in [-0.4, -0.2) is 33.5 Å². The fourth-order valence-corrected chi connectivity index (χ4v) is 1.59. The minimum atomic E-state index is -0.414. The van der Waals surface area contributed by atoms with E-state index in [-0.39, 0.29) is 0 Å². The third-order valence-corrected chi connectivity index (χ3v) is 2.40. The van der Waals surface area contributed by atoms with Gasteiger partial charge in [0.2, 0.25) is 0 Å². The average molecular weight is 248 g/mol. The number of fused-ring (bicyclic) bond motifs is 1. The number of carbonyl (C=O) groups excluding carboxylic acids is 1. The molecule has 0 aromatic carbocycles. The Hall–Kier alpha value is -2.11. The van der Waals surface area contributed by atoms with Crippen LogP contribution < -0.4 is 5.32 Å². The molecule has 0 aliphatic heterocycles. The molecule has 0 bridgehead atoms. The Morgan fingerprint density at radius 2 is 2.33 bits per heavy atom. The highest BCUT2D eigenvalue weighted by Gasteiger charge is 2.13. The van der Waals surface area contributed by atoms with Crippen LogP contribution in [0.4, 0.5) is 5.82 Å². The summed E-state index contributed by atoms with van der Waals surface area (Å²) in [6.07, 6.45) is 6.06. The Morgan fingerprint density at radius 3 is 3.06 bits per heavy atom. The lowest BCUT2D eigenvalue weighted by molar-refractivity contribution is 0.0520. The van der Waals surface area contributed by atoms with Crippen LogP contribution in [0.3, 0.4) is 0 Å². The molecular weight excluding hydrogens is 232 g/mol. The minimum Gasteiger partial charge on any atom is -0.461 e. The predicted molar refractivity (Wildman–Crippen MR) is 67.7 cm³/mol. The van der Waals surface area contributed by atoms with Gasteiger partial charge >= 0.3 is 5.97 Å². The van der Waals surface area contributed by atoms with Crippen molar-refractivity contribution in [2.45, 2.75) is 20.3 Å². The highest BCUT2D eigenvalue weighted by molar-refractivity contribution is 5.88. The van der Waals surface area contributed by atoms with Crippen LogP contribution in [0.25, 0.3) is 5.65 Å². The van der Waals surface area contributed by atoms with E-state index < -0.39 is 5.97 Å². The van der Waals surface area contributed by atoms with Gasteiger partial charge in [-0.05, 0) is 13.3 Å². The van der Waals surface area contributed by atoms with E-state index in [9.17, 15) is 4.79 Å². The molecule has 1 N–H and O–H groups in total. The van der Waals surface area contributed by atoms with E-state index >= 15 is 0 Å². The van der Waals surface area contributed by atoms with E-state index in [1.54, 1.807) is 29.9 Å². The second-order valence-corrected chi connectivity index (χ2v) is 3.78. The molecular formula is C12H16N4O2. The number of anilines is 1. The largest absolute Gasteiger partial charge is 0.461 e. The highest BCUT2D eigenvalue weighted by atomic mass is 16.5. The van der Waals surface area contributed by atoms with Gasteiger partial charge in [0.1, 0.15) is 0 Å². The van der Waals surface area contributed by atoms with Crippen LogP contribution in [-0.2, 0) is 4.74 Å². The molecule has 96 valence electrons. The van der Waals surface area contributed by atoms with Gasteiger partial charge in [0, 0.05) is 25.1 Å². The Kier molecular flexibility index (Phi) is 3.76. The number of ether oxygens (including phenoxy) is 1. The van der Waals surface area contributed by atoms with Crippen LogP contribution in [0.5, 0.6) is 0 Å². The third-order valence-electron chi connectivity index (χ3n) is 2.40. The van der Waals surface area contributed by atoms with Gasteiger partial charge in [0.05, 0.1) is 6.61 Å². The third kappa shape index (κ3) is 2.42. The molecule has 0 spiro atoms. The first-order valence-electron chi connectivity index (χ1n) is 6.01. The first kappa shape index (κ1) is 12.3. The summed E-state index contributed by atoms with van der Waals surface area (Å²) < 4.78 is 6.68. The van der Waals surface area contributed by atoms with Crippen molar-refractivity contribution in [3.8, 4) is 0 Å². The van der Waals surface area contributed by atoms with E-state index in [1.807, 2.05) is 0 Å². The van der Waals surface area contributed by atoms with Gasteiger partial charge in [-0.15, -0.1) is 0 Å². The Balaban J connectivity index is 2.34.